The van der Waals surface area contributed by atoms with Gasteiger partial charge in [-0.15, -0.1) is 0 Å². The number of hydrogen-bond donors (Lipinski definition) is 1. The predicted octanol–water partition coefficient (Wildman–Crippen LogP) is 2.84. The topological polar surface area (TPSA) is 37.4 Å². The quantitative estimate of drug-likeness (QED) is 0.849. The molecule has 2 aromatic rings. The van der Waals surface area contributed by atoms with Gasteiger partial charge in [-0.1, -0.05) is 19.1 Å². The third kappa shape index (κ3) is 4.76. The first kappa shape index (κ1) is 15.3. The van der Waals surface area contributed by atoms with Gasteiger partial charge in [0, 0.05) is 32.4 Å². The van der Waals surface area contributed by atoms with Crippen molar-refractivity contribution in [1.82, 2.24) is 10.3 Å². The molecular weight excluding hydrogens is 262 g/mol. The van der Waals surface area contributed by atoms with Crippen LogP contribution in [0, 0.1) is 0 Å². The lowest BCUT2D eigenvalue weighted by molar-refractivity contribution is 0.301. The molecule has 0 fully saturated rings. The summed E-state index contributed by atoms with van der Waals surface area (Å²) in [6.07, 6.45) is 0. The Balaban J connectivity index is 1.97. The van der Waals surface area contributed by atoms with Crippen molar-refractivity contribution >= 4 is 5.69 Å². The van der Waals surface area contributed by atoms with Crippen LogP contribution < -0.4 is 15.0 Å². The van der Waals surface area contributed by atoms with Gasteiger partial charge in [0.2, 0.25) is 0 Å². The average molecular weight is 285 g/mol. The lowest BCUT2D eigenvalue weighted by Gasteiger charge is -2.14. The number of hydrogen-bond acceptors (Lipinski definition) is 4. The van der Waals surface area contributed by atoms with Crippen molar-refractivity contribution in [3.8, 4) is 5.75 Å². The van der Waals surface area contributed by atoms with Gasteiger partial charge in [-0.25, -0.2) is 0 Å². The molecule has 0 saturated heterocycles. The molecule has 0 saturated carbocycles. The molecule has 0 aliphatic carbocycles. The molecule has 21 heavy (non-hydrogen) atoms. The van der Waals surface area contributed by atoms with Gasteiger partial charge >= 0.3 is 0 Å². The van der Waals surface area contributed by atoms with E-state index in [2.05, 4.69) is 28.2 Å². The number of rotatable bonds is 7. The van der Waals surface area contributed by atoms with Crippen LogP contribution in [0.25, 0.3) is 0 Å². The Morgan fingerprint density at radius 1 is 1.10 bits per heavy atom. The summed E-state index contributed by atoms with van der Waals surface area (Å²) in [7, 11) is 4.04. The van der Waals surface area contributed by atoms with Crippen molar-refractivity contribution in [1.29, 1.82) is 0 Å². The molecule has 0 spiro atoms. The Kier molecular flexibility index (Phi) is 5.58. The molecule has 0 unspecified atom stereocenters. The van der Waals surface area contributed by atoms with Crippen molar-refractivity contribution in [2.24, 2.45) is 0 Å². The van der Waals surface area contributed by atoms with Crippen LogP contribution in [0.4, 0.5) is 5.69 Å². The SMILES string of the molecule is CCNCc1cccc(COc2cccc(N(C)C)c2)n1. The van der Waals surface area contributed by atoms with E-state index in [9.17, 15) is 0 Å². The Hall–Kier alpha value is -2.07. The normalized spacial score (nSPS) is 10.4. The Bertz CT molecular complexity index is 569. The molecule has 0 amide bonds. The summed E-state index contributed by atoms with van der Waals surface area (Å²) < 4.78 is 5.83. The van der Waals surface area contributed by atoms with E-state index < -0.39 is 0 Å². The van der Waals surface area contributed by atoms with Crippen LogP contribution in [0.5, 0.6) is 5.75 Å². The molecule has 1 N–H and O–H groups in total. The van der Waals surface area contributed by atoms with Gasteiger partial charge in [0.05, 0.1) is 11.4 Å². The van der Waals surface area contributed by atoms with E-state index in [0.29, 0.717) is 6.61 Å². The lowest BCUT2D eigenvalue weighted by Crippen LogP contribution is -2.13. The molecule has 0 aliphatic heterocycles. The molecule has 0 aliphatic rings. The maximum Gasteiger partial charge on any atom is 0.130 e. The molecule has 2 rings (SSSR count). The molecule has 112 valence electrons. The molecule has 0 bridgehead atoms. The summed E-state index contributed by atoms with van der Waals surface area (Å²) in [6.45, 7) is 4.31. The second-order valence-electron chi connectivity index (χ2n) is 5.08. The number of anilines is 1. The number of nitrogens with one attached hydrogen (secondary N) is 1. The highest BCUT2D eigenvalue weighted by Gasteiger charge is 2.01. The first-order valence-corrected chi connectivity index (χ1v) is 7.24. The predicted molar refractivity (Wildman–Crippen MR) is 86.7 cm³/mol. The minimum atomic E-state index is 0.483. The van der Waals surface area contributed by atoms with Crippen LogP contribution in [0.2, 0.25) is 0 Å². The second-order valence-corrected chi connectivity index (χ2v) is 5.08. The molecule has 0 atom stereocenters. The number of nitrogens with zero attached hydrogens (tertiary/aromatic N) is 2. The van der Waals surface area contributed by atoms with Gasteiger partial charge in [0.15, 0.2) is 0 Å². The summed E-state index contributed by atoms with van der Waals surface area (Å²) in [5.74, 6) is 0.861. The molecule has 4 heteroatoms. The van der Waals surface area contributed by atoms with Crippen molar-refractivity contribution < 1.29 is 4.74 Å². The third-order valence-electron chi connectivity index (χ3n) is 3.14. The summed E-state index contributed by atoms with van der Waals surface area (Å²) in [4.78, 5) is 6.64. The van der Waals surface area contributed by atoms with Crippen LogP contribution in [0.15, 0.2) is 42.5 Å². The maximum atomic E-state index is 5.83. The van der Waals surface area contributed by atoms with Gasteiger partial charge in [-0.2, -0.15) is 0 Å². The standard InChI is InChI=1S/C17H23N3O/c1-4-18-12-14-7-5-8-15(19-14)13-21-17-10-6-9-16(11-17)20(2)3/h5-11,18H,4,12-13H2,1-3H3. The Morgan fingerprint density at radius 3 is 2.62 bits per heavy atom. The number of benzene rings is 1. The zero-order chi connectivity index (χ0) is 15.1. The highest BCUT2D eigenvalue weighted by atomic mass is 16.5. The van der Waals surface area contributed by atoms with E-state index in [1.54, 1.807) is 0 Å². The van der Waals surface area contributed by atoms with E-state index in [0.717, 1.165) is 35.9 Å². The smallest absolute Gasteiger partial charge is 0.130 e. The van der Waals surface area contributed by atoms with Gasteiger partial charge in [0.25, 0.3) is 0 Å². The van der Waals surface area contributed by atoms with E-state index >= 15 is 0 Å². The second kappa shape index (κ2) is 7.64. The molecular formula is C17H23N3O. The van der Waals surface area contributed by atoms with Crippen molar-refractivity contribution in [3.05, 3.63) is 53.9 Å². The summed E-state index contributed by atoms with van der Waals surface area (Å²) in [5, 5.41) is 3.28. The fourth-order valence-electron chi connectivity index (χ4n) is 1.97. The molecule has 0 radical (unpaired) electrons. The highest BCUT2D eigenvalue weighted by molar-refractivity contribution is 5.49. The van der Waals surface area contributed by atoms with Crippen molar-refractivity contribution in [2.45, 2.75) is 20.1 Å². The molecule has 1 aromatic heterocycles. The largest absolute Gasteiger partial charge is 0.487 e. The van der Waals surface area contributed by atoms with Crippen molar-refractivity contribution in [2.75, 3.05) is 25.5 Å². The van der Waals surface area contributed by atoms with Gasteiger partial charge < -0.3 is 15.0 Å². The first-order chi connectivity index (χ1) is 10.2. The summed E-state index contributed by atoms with van der Waals surface area (Å²) in [5.41, 5.74) is 3.11. The van der Waals surface area contributed by atoms with Gasteiger partial charge in [-0.05, 0) is 30.8 Å². The Labute approximate surface area is 126 Å². The van der Waals surface area contributed by atoms with E-state index in [1.807, 2.05) is 50.5 Å². The van der Waals surface area contributed by atoms with E-state index in [1.165, 1.54) is 0 Å². The first-order valence-electron chi connectivity index (χ1n) is 7.24. The number of aromatic nitrogens is 1. The molecule has 4 nitrogen and oxygen atoms in total. The maximum absolute atomic E-state index is 5.83. The number of ether oxygens (including phenoxy) is 1. The van der Waals surface area contributed by atoms with Gasteiger partial charge in [0.1, 0.15) is 12.4 Å². The van der Waals surface area contributed by atoms with Crippen molar-refractivity contribution in [3.63, 3.8) is 0 Å². The monoisotopic (exact) mass is 285 g/mol. The van der Waals surface area contributed by atoms with Crippen LogP contribution in [0.1, 0.15) is 18.3 Å². The zero-order valence-corrected chi connectivity index (χ0v) is 13.0. The number of pyridine rings is 1. The van der Waals surface area contributed by atoms with Crippen LogP contribution in [-0.2, 0) is 13.2 Å². The highest BCUT2D eigenvalue weighted by Crippen LogP contribution is 2.20. The lowest BCUT2D eigenvalue weighted by atomic mass is 10.3. The molecule has 1 heterocycles. The van der Waals surface area contributed by atoms with Gasteiger partial charge in [-0.3, -0.25) is 4.98 Å². The summed E-state index contributed by atoms with van der Waals surface area (Å²) in [6, 6.07) is 14.1. The fourth-order valence-corrected chi connectivity index (χ4v) is 1.97. The average Bonchev–Trinajstić information content (AvgIpc) is 2.51. The minimum Gasteiger partial charge on any atom is -0.487 e. The summed E-state index contributed by atoms with van der Waals surface area (Å²) >= 11 is 0. The Morgan fingerprint density at radius 2 is 1.86 bits per heavy atom. The minimum absolute atomic E-state index is 0.483. The van der Waals surface area contributed by atoms with E-state index in [-0.39, 0.29) is 0 Å². The van der Waals surface area contributed by atoms with Crippen LogP contribution >= 0.6 is 0 Å². The van der Waals surface area contributed by atoms with Crippen LogP contribution in [0.3, 0.4) is 0 Å². The molecule has 1 aromatic carbocycles. The van der Waals surface area contributed by atoms with Crippen LogP contribution in [-0.4, -0.2) is 25.6 Å². The zero-order valence-electron chi connectivity index (χ0n) is 13.0. The fraction of sp³-hybridized carbons (Fsp3) is 0.353. The third-order valence-corrected chi connectivity index (χ3v) is 3.14. The van der Waals surface area contributed by atoms with E-state index in [4.69, 9.17) is 4.74 Å².